The number of carbonyl (C=O) groups excluding carboxylic acids is 2. The van der Waals surface area contributed by atoms with Gasteiger partial charge < -0.3 is 29.9 Å². The standard InChI is InChI=1S/C24H24F2N4O4/c1-13(32)30-12-24(10-29(11-24)23(33)28-18-6-3-14(25)7-17(18)26)21-16-5-4-15(34-2)8-19(16)27-22(21)20(30)9-31/h3-8,20,27,31H,9-12H2,1-2H3,(H,28,33)/t20-/m1/s1. The van der Waals surface area contributed by atoms with Crippen LogP contribution in [0, 0.1) is 11.6 Å². The van der Waals surface area contributed by atoms with Gasteiger partial charge in [0.2, 0.25) is 5.91 Å². The van der Waals surface area contributed by atoms with E-state index in [9.17, 15) is 23.5 Å². The summed E-state index contributed by atoms with van der Waals surface area (Å²) in [6, 6.07) is 7.53. The topological polar surface area (TPSA) is 97.9 Å². The second-order valence-corrected chi connectivity index (χ2v) is 8.86. The van der Waals surface area contributed by atoms with Gasteiger partial charge in [0, 0.05) is 55.3 Å². The Bertz CT molecular complexity index is 1300. The lowest BCUT2D eigenvalue weighted by Gasteiger charge is -2.55. The zero-order valence-corrected chi connectivity index (χ0v) is 18.7. The lowest BCUT2D eigenvalue weighted by atomic mass is 9.69. The molecule has 1 spiro atoms. The molecule has 1 saturated heterocycles. The van der Waals surface area contributed by atoms with Crippen molar-refractivity contribution in [2.45, 2.75) is 18.4 Å². The number of benzene rings is 2. The summed E-state index contributed by atoms with van der Waals surface area (Å²) in [7, 11) is 1.58. The number of aliphatic hydroxyl groups is 1. The van der Waals surface area contributed by atoms with Crippen LogP contribution in [0.15, 0.2) is 36.4 Å². The minimum Gasteiger partial charge on any atom is -0.497 e. The fraction of sp³-hybridized carbons (Fsp3) is 0.333. The summed E-state index contributed by atoms with van der Waals surface area (Å²) in [5.41, 5.74) is 1.83. The number of carbonyl (C=O) groups is 2. The molecule has 178 valence electrons. The Morgan fingerprint density at radius 2 is 1.97 bits per heavy atom. The van der Waals surface area contributed by atoms with Crippen molar-refractivity contribution in [3.8, 4) is 5.75 Å². The van der Waals surface area contributed by atoms with Crippen molar-refractivity contribution in [3.63, 3.8) is 0 Å². The molecule has 2 aliphatic rings. The Hall–Kier alpha value is -3.66. The number of nitrogens with zero attached hydrogens (tertiary/aromatic N) is 2. The highest BCUT2D eigenvalue weighted by atomic mass is 19.1. The average Bonchev–Trinajstić information content (AvgIpc) is 3.17. The van der Waals surface area contributed by atoms with Crippen LogP contribution in [-0.2, 0) is 10.2 Å². The number of methoxy groups -OCH3 is 1. The number of nitrogens with one attached hydrogen (secondary N) is 2. The van der Waals surface area contributed by atoms with E-state index >= 15 is 0 Å². The summed E-state index contributed by atoms with van der Waals surface area (Å²) in [4.78, 5) is 31.8. The van der Waals surface area contributed by atoms with Crippen LogP contribution in [0.25, 0.3) is 10.9 Å². The molecule has 0 saturated carbocycles. The second kappa shape index (κ2) is 7.98. The highest BCUT2D eigenvalue weighted by molar-refractivity contribution is 5.92. The van der Waals surface area contributed by atoms with Gasteiger partial charge in [0.1, 0.15) is 17.4 Å². The van der Waals surface area contributed by atoms with Crippen molar-refractivity contribution in [3.05, 3.63) is 59.3 Å². The minimum absolute atomic E-state index is 0.110. The number of rotatable bonds is 3. The van der Waals surface area contributed by atoms with E-state index in [-0.39, 0.29) is 31.3 Å². The van der Waals surface area contributed by atoms with E-state index in [0.29, 0.717) is 18.4 Å². The van der Waals surface area contributed by atoms with Crippen LogP contribution in [0.5, 0.6) is 5.75 Å². The number of H-pyrrole nitrogens is 1. The van der Waals surface area contributed by atoms with E-state index in [4.69, 9.17) is 4.74 Å². The molecule has 0 radical (unpaired) electrons. The SMILES string of the molecule is COc1ccc2c3c([nH]c2c1)[C@@H](CO)N(C(C)=O)CC31CN(C(=O)Nc2ccc(F)cc2F)C1. The normalized spacial score (nSPS) is 18.6. The summed E-state index contributed by atoms with van der Waals surface area (Å²) >= 11 is 0. The molecule has 3 aromatic rings. The van der Waals surface area contributed by atoms with Crippen LogP contribution in [0.2, 0.25) is 0 Å². The number of ether oxygens (including phenoxy) is 1. The molecule has 0 aliphatic carbocycles. The second-order valence-electron chi connectivity index (χ2n) is 8.86. The lowest BCUT2D eigenvalue weighted by molar-refractivity contribution is -0.135. The maximum atomic E-state index is 14.0. The number of aromatic nitrogens is 1. The molecule has 3 heterocycles. The third kappa shape index (κ3) is 3.37. The number of halogens is 2. The molecule has 8 nitrogen and oxygen atoms in total. The van der Waals surface area contributed by atoms with Crippen LogP contribution in [-0.4, -0.2) is 65.2 Å². The van der Waals surface area contributed by atoms with Gasteiger partial charge in [-0.3, -0.25) is 4.79 Å². The average molecular weight is 470 g/mol. The van der Waals surface area contributed by atoms with Crippen molar-refractivity contribution < 1.29 is 28.2 Å². The number of fused-ring (bicyclic) bond motifs is 4. The first kappa shape index (κ1) is 22.1. The van der Waals surface area contributed by atoms with Crippen molar-refractivity contribution in [2.24, 2.45) is 0 Å². The Morgan fingerprint density at radius 1 is 1.21 bits per heavy atom. The number of likely N-dealkylation sites (tertiary alicyclic amines) is 1. The van der Waals surface area contributed by atoms with Gasteiger partial charge in [-0.2, -0.15) is 0 Å². The van der Waals surface area contributed by atoms with Crippen molar-refractivity contribution >= 4 is 28.5 Å². The number of aromatic amines is 1. The van der Waals surface area contributed by atoms with E-state index in [0.717, 1.165) is 28.2 Å². The minimum atomic E-state index is -0.859. The lowest BCUT2D eigenvalue weighted by Crippen LogP contribution is -2.68. The molecule has 0 bridgehead atoms. The van der Waals surface area contributed by atoms with E-state index in [2.05, 4.69) is 10.3 Å². The molecule has 2 aliphatic heterocycles. The van der Waals surface area contributed by atoms with E-state index in [1.54, 1.807) is 12.0 Å². The van der Waals surface area contributed by atoms with Gasteiger partial charge >= 0.3 is 6.03 Å². The van der Waals surface area contributed by atoms with Gasteiger partial charge in [0.25, 0.3) is 0 Å². The quantitative estimate of drug-likeness (QED) is 0.548. The fourth-order valence-corrected chi connectivity index (χ4v) is 5.21. The number of aliphatic hydroxyl groups excluding tert-OH is 1. The molecule has 34 heavy (non-hydrogen) atoms. The first-order chi connectivity index (χ1) is 16.3. The smallest absolute Gasteiger partial charge is 0.321 e. The van der Waals surface area contributed by atoms with Crippen molar-refractivity contribution in [2.75, 3.05) is 38.7 Å². The van der Waals surface area contributed by atoms with Gasteiger partial charge in [-0.05, 0) is 29.8 Å². The molecule has 1 fully saturated rings. The third-order valence-corrected chi connectivity index (χ3v) is 6.77. The van der Waals surface area contributed by atoms with Gasteiger partial charge in [0.15, 0.2) is 0 Å². The highest BCUT2D eigenvalue weighted by Gasteiger charge is 2.54. The molecular formula is C24H24F2N4O4. The Morgan fingerprint density at radius 3 is 2.62 bits per heavy atom. The zero-order valence-electron chi connectivity index (χ0n) is 18.7. The van der Waals surface area contributed by atoms with E-state index in [1.165, 1.54) is 17.9 Å². The Kier molecular flexibility index (Phi) is 5.20. The molecule has 1 atom stereocenters. The Balaban J connectivity index is 1.49. The zero-order chi connectivity index (χ0) is 24.2. The van der Waals surface area contributed by atoms with Crippen molar-refractivity contribution in [1.29, 1.82) is 0 Å². The molecular weight excluding hydrogens is 446 g/mol. The first-order valence-corrected chi connectivity index (χ1v) is 10.9. The molecule has 2 aromatic carbocycles. The predicted molar refractivity (Wildman–Crippen MR) is 121 cm³/mol. The van der Waals surface area contributed by atoms with Gasteiger partial charge in [-0.25, -0.2) is 13.6 Å². The molecule has 1 aromatic heterocycles. The molecule has 10 heteroatoms. The summed E-state index contributed by atoms with van der Waals surface area (Å²) in [6.07, 6.45) is 0. The monoisotopic (exact) mass is 470 g/mol. The molecule has 3 amide bonds. The summed E-state index contributed by atoms with van der Waals surface area (Å²) in [6.45, 7) is 2.10. The maximum Gasteiger partial charge on any atom is 0.321 e. The number of amides is 3. The largest absolute Gasteiger partial charge is 0.497 e. The maximum absolute atomic E-state index is 14.0. The van der Waals surface area contributed by atoms with Crippen LogP contribution >= 0.6 is 0 Å². The van der Waals surface area contributed by atoms with Gasteiger partial charge in [0.05, 0.1) is 30.9 Å². The first-order valence-electron chi connectivity index (χ1n) is 10.9. The summed E-state index contributed by atoms with van der Waals surface area (Å²) in [5, 5.41) is 13.5. The van der Waals surface area contributed by atoms with Crippen LogP contribution in [0.3, 0.4) is 0 Å². The number of urea groups is 1. The highest BCUT2D eigenvalue weighted by Crippen LogP contribution is 2.48. The summed E-state index contributed by atoms with van der Waals surface area (Å²) < 4.78 is 32.5. The van der Waals surface area contributed by atoms with Crippen LogP contribution in [0.4, 0.5) is 19.3 Å². The number of hydrogen-bond donors (Lipinski definition) is 3. The van der Waals surface area contributed by atoms with Gasteiger partial charge in [-0.15, -0.1) is 0 Å². The van der Waals surface area contributed by atoms with Crippen LogP contribution in [0.1, 0.15) is 24.2 Å². The summed E-state index contributed by atoms with van der Waals surface area (Å²) in [5.74, 6) is -1.11. The number of hydrogen-bond acceptors (Lipinski definition) is 4. The van der Waals surface area contributed by atoms with Gasteiger partial charge in [-0.1, -0.05) is 0 Å². The molecule has 3 N–H and O–H groups in total. The molecule has 5 rings (SSSR count). The Labute approximate surface area is 194 Å². The third-order valence-electron chi connectivity index (χ3n) is 6.77. The van der Waals surface area contributed by atoms with Crippen LogP contribution < -0.4 is 10.1 Å². The predicted octanol–water partition coefficient (Wildman–Crippen LogP) is 3.14. The molecule has 0 unspecified atom stereocenters. The fourth-order valence-electron chi connectivity index (χ4n) is 5.21. The van der Waals surface area contributed by atoms with E-state index < -0.39 is 29.1 Å². The number of anilines is 1. The van der Waals surface area contributed by atoms with E-state index in [1.807, 2.05) is 18.2 Å². The van der Waals surface area contributed by atoms with Crippen molar-refractivity contribution in [1.82, 2.24) is 14.8 Å².